The van der Waals surface area contributed by atoms with Crippen molar-refractivity contribution in [1.82, 2.24) is 5.32 Å². The molecular weight excluding hydrogens is 314 g/mol. The van der Waals surface area contributed by atoms with E-state index in [9.17, 15) is 14.7 Å². The third kappa shape index (κ3) is 4.94. The predicted molar refractivity (Wildman–Crippen MR) is 85.5 cm³/mol. The second-order valence-electron chi connectivity index (χ2n) is 5.98. The monoisotopic (exact) mass is 337 g/mol. The maximum Gasteiger partial charge on any atom is 0.405 e. The van der Waals surface area contributed by atoms with Gasteiger partial charge in [0.1, 0.15) is 6.10 Å². The zero-order valence-corrected chi connectivity index (χ0v) is 13.6. The van der Waals surface area contributed by atoms with E-state index in [-0.39, 0.29) is 25.0 Å². The minimum absolute atomic E-state index is 0.0521. The molecule has 0 radical (unpaired) electrons. The van der Waals surface area contributed by atoms with E-state index in [1.807, 2.05) is 30.3 Å². The minimum Gasteiger partial charge on any atom is -0.465 e. The Hall–Kier alpha value is -2.12. The van der Waals surface area contributed by atoms with Crippen LogP contribution in [-0.2, 0) is 20.7 Å². The Kier molecular flexibility index (Phi) is 6.57. The van der Waals surface area contributed by atoms with Crippen LogP contribution in [0.3, 0.4) is 0 Å². The van der Waals surface area contributed by atoms with Crippen molar-refractivity contribution in [2.45, 2.75) is 25.5 Å². The maximum absolute atomic E-state index is 12.1. The van der Waals surface area contributed by atoms with Crippen molar-refractivity contribution >= 4 is 12.1 Å². The van der Waals surface area contributed by atoms with E-state index in [0.29, 0.717) is 13.0 Å². The summed E-state index contributed by atoms with van der Waals surface area (Å²) in [4.78, 5) is 22.9. The number of cyclic esters (lactones) is 1. The third-order valence-electron chi connectivity index (χ3n) is 4.26. The van der Waals surface area contributed by atoms with Gasteiger partial charge in [0.2, 0.25) is 0 Å². The normalized spacial score (nSPS) is 28.2. The van der Waals surface area contributed by atoms with Crippen LogP contribution in [0.2, 0.25) is 0 Å². The highest BCUT2D eigenvalue weighted by Crippen LogP contribution is 2.25. The lowest BCUT2D eigenvalue weighted by atomic mass is 9.84. The van der Waals surface area contributed by atoms with Crippen LogP contribution in [0.5, 0.6) is 0 Å². The standard InChI is InChI=1S/C17H23NO6/c1-11-14(8-19)13(7-12-5-3-2-4-6-12)9-23-10-15(16(20)24-11)18-17(21)22/h2-6,11,13-15,18-19H,7-10H2,1H3,(H,21,22)/t11-,13-,14-,15-/m0/s1. The molecular formula is C17H23NO6. The van der Waals surface area contributed by atoms with E-state index >= 15 is 0 Å². The highest BCUT2D eigenvalue weighted by molar-refractivity contribution is 5.81. The summed E-state index contributed by atoms with van der Waals surface area (Å²) in [6.07, 6.45) is -1.19. The first-order valence-corrected chi connectivity index (χ1v) is 7.93. The number of esters is 1. The van der Waals surface area contributed by atoms with Crippen LogP contribution in [0.4, 0.5) is 4.79 Å². The van der Waals surface area contributed by atoms with Crippen molar-refractivity contribution in [2.75, 3.05) is 19.8 Å². The number of amides is 1. The largest absolute Gasteiger partial charge is 0.465 e. The van der Waals surface area contributed by atoms with Crippen molar-refractivity contribution in [3.63, 3.8) is 0 Å². The number of benzene rings is 1. The van der Waals surface area contributed by atoms with Gasteiger partial charge in [-0.3, -0.25) is 0 Å². The van der Waals surface area contributed by atoms with Gasteiger partial charge in [0, 0.05) is 12.5 Å². The van der Waals surface area contributed by atoms with Crippen molar-refractivity contribution in [1.29, 1.82) is 0 Å². The Morgan fingerprint density at radius 3 is 2.62 bits per heavy atom. The lowest BCUT2D eigenvalue weighted by Gasteiger charge is -2.29. The van der Waals surface area contributed by atoms with Gasteiger partial charge < -0.3 is 25.0 Å². The Morgan fingerprint density at radius 1 is 1.29 bits per heavy atom. The van der Waals surface area contributed by atoms with Crippen LogP contribution in [0, 0.1) is 11.8 Å². The quantitative estimate of drug-likeness (QED) is 0.709. The molecule has 7 nitrogen and oxygen atoms in total. The molecule has 0 aliphatic carbocycles. The number of hydrogen-bond donors (Lipinski definition) is 3. The number of ether oxygens (including phenoxy) is 2. The zero-order chi connectivity index (χ0) is 17.5. The van der Waals surface area contributed by atoms with E-state index in [2.05, 4.69) is 5.32 Å². The van der Waals surface area contributed by atoms with Gasteiger partial charge in [-0.05, 0) is 24.8 Å². The predicted octanol–water partition coefficient (Wildman–Crippen LogP) is 1.05. The molecule has 1 heterocycles. The van der Waals surface area contributed by atoms with E-state index in [1.165, 1.54) is 0 Å². The molecule has 24 heavy (non-hydrogen) atoms. The zero-order valence-electron chi connectivity index (χ0n) is 13.6. The molecule has 3 N–H and O–H groups in total. The molecule has 1 aromatic carbocycles. The van der Waals surface area contributed by atoms with E-state index in [4.69, 9.17) is 14.6 Å². The summed E-state index contributed by atoms with van der Waals surface area (Å²) in [6, 6.07) is 8.73. The number of nitrogens with one attached hydrogen (secondary N) is 1. The first kappa shape index (κ1) is 18.2. The highest BCUT2D eigenvalue weighted by atomic mass is 16.6. The first-order chi connectivity index (χ1) is 11.5. The van der Waals surface area contributed by atoms with E-state index in [1.54, 1.807) is 6.92 Å². The number of hydrogen-bond acceptors (Lipinski definition) is 5. The molecule has 1 aliphatic heterocycles. The van der Waals surface area contributed by atoms with E-state index < -0.39 is 24.2 Å². The third-order valence-corrected chi connectivity index (χ3v) is 4.26. The fourth-order valence-electron chi connectivity index (χ4n) is 2.94. The Labute approximate surface area is 140 Å². The SMILES string of the molecule is C[C@@H]1OC(=O)[C@@H](NC(=O)O)COC[C@H](Cc2ccccc2)[C@H]1CO. The Balaban J connectivity index is 2.14. The molecule has 0 saturated carbocycles. The lowest BCUT2D eigenvalue weighted by Crippen LogP contribution is -2.45. The topological polar surface area (TPSA) is 105 Å². The molecule has 7 heteroatoms. The van der Waals surface area contributed by atoms with Crippen molar-refractivity contribution in [3.8, 4) is 0 Å². The van der Waals surface area contributed by atoms with Gasteiger partial charge in [-0.25, -0.2) is 9.59 Å². The van der Waals surface area contributed by atoms with Crippen LogP contribution in [-0.4, -0.2) is 54.2 Å². The second-order valence-corrected chi connectivity index (χ2v) is 5.98. The summed E-state index contributed by atoms with van der Waals surface area (Å²) in [5, 5.41) is 20.7. The molecule has 1 amide bonds. The molecule has 2 rings (SSSR count). The first-order valence-electron chi connectivity index (χ1n) is 7.93. The summed E-state index contributed by atoms with van der Waals surface area (Å²) < 4.78 is 10.9. The van der Waals surface area contributed by atoms with Gasteiger partial charge in [-0.2, -0.15) is 0 Å². The lowest BCUT2D eigenvalue weighted by molar-refractivity contribution is -0.154. The van der Waals surface area contributed by atoms with Crippen LogP contribution >= 0.6 is 0 Å². The summed E-state index contributed by atoms with van der Waals surface area (Å²) >= 11 is 0. The van der Waals surface area contributed by atoms with Gasteiger partial charge in [0.15, 0.2) is 6.04 Å². The summed E-state index contributed by atoms with van der Waals surface area (Å²) in [7, 11) is 0. The molecule has 0 bridgehead atoms. The maximum atomic E-state index is 12.1. The summed E-state index contributed by atoms with van der Waals surface area (Å²) in [5.74, 6) is -1.04. The number of rotatable bonds is 4. The number of aliphatic hydroxyl groups excluding tert-OH is 1. The van der Waals surface area contributed by atoms with Crippen LogP contribution in [0.1, 0.15) is 12.5 Å². The number of carboxylic acid groups (broad SMARTS) is 1. The van der Waals surface area contributed by atoms with Crippen molar-refractivity contribution < 1.29 is 29.3 Å². The molecule has 1 saturated heterocycles. The Morgan fingerprint density at radius 2 is 2.00 bits per heavy atom. The van der Waals surface area contributed by atoms with E-state index in [0.717, 1.165) is 5.56 Å². The number of carbonyl (C=O) groups excluding carboxylic acids is 1. The fraction of sp³-hybridized carbons (Fsp3) is 0.529. The molecule has 1 fully saturated rings. The molecule has 4 atom stereocenters. The van der Waals surface area contributed by atoms with Gasteiger partial charge in [-0.15, -0.1) is 0 Å². The average Bonchev–Trinajstić information content (AvgIpc) is 2.58. The molecule has 1 aromatic rings. The van der Waals surface area contributed by atoms with Gasteiger partial charge in [-0.1, -0.05) is 30.3 Å². The van der Waals surface area contributed by atoms with Crippen LogP contribution < -0.4 is 5.32 Å². The minimum atomic E-state index is -1.31. The highest BCUT2D eigenvalue weighted by Gasteiger charge is 2.34. The molecule has 0 spiro atoms. The van der Waals surface area contributed by atoms with Gasteiger partial charge in [0.25, 0.3) is 0 Å². The van der Waals surface area contributed by atoms with Crippen LogP contribution in [0.15, 0.2) is 30.3 Å². The second kappa shape index (κ2) is 8.65. The number of carbonyl (C=O) groups is 2. The van der Waals surface area contributed by atoms with Gasteiger partial charge >= 0.3 is 12.1 Å². The average molecular weight is 337 g/mol. The van der Waals surface area contributed by atoms with Crippen molar-refractivity contribution in [3.05, 3.63) is 35.9 Å². The van der Waals surface area contributed by atoms with Crippen LogP contribution in [0.25, 0.3) is 0 Å². The fourth-order valence-corrected chi connectivity index (χ4v) is 2.94. The molecule has 1 aliphatic rings. The Bertz CT molecular complexity index is 549. The summed E-state index contributed by atoms with van der Waals surface area (Å²) in [5.41, 5.74) is 1.10. The molecule has 0 unspecified atom stereocenters. The molecule has 132 valence electrons. The smallest absolute Gasteiger partial charge is 0.405 e. The van der Waals surface area contributed by atoms with Crippen molar-refractivity contribution in [2.24, 2.45) is 11.8 Å². The number of aliphatic hydroxyl groups is 1. The summed E-state index contributed by atoms with van der Waals surface area (Å²) in [6.45, 7) is 1.77. The van der Waals surface area contributed by atoms with Gasteiger partial charge in [0.05, 0.1) is 13.2 Å². The molecule has 0 aromatic heterocycles.